The minimum absolute atomic E-state index is 0.455. The number of amides is 1. The number of benzene rings is 2. The molecule has 3 aromatic rings. The van der Waals surface area contributed by atoms with Gasteiger partial charge in [-0.3, -0.25) is 4.79 Å². The molecule has 1 atom stereocenters. The molecule has 2 N–H and O–H groups in total. The molecule has 0 spiro atoms. The molecule has 0 aliphatic rings. The van der Waals surface area contributed by atoms with E-state index in [1.54, 1.807) is 41.7 Å². The number of nitrogens with one attached hydrogen (secondary N) is 1. The lowest BCUT2D eigenvalue weighted by molar-refractivity contribution is -0.124. The predicted molar refractivity (Wildman–Crippen MR) is 92.3 cm³/mol. The van der Waals surface area contributed by atoms with Gasteiger partial charge in [-0.1, -0.05) is 42.5 Å². The number of rotatable bonds is 4. The van der Waals surface area contributed by atoms with Crippen molar-refractivity contribution in [1.29, 1.82) is 0 Å². The maximum atomic E-state index is 12.2. The Morgan fingerprint density at radius 2 is 1.96 bits per heavy atom. The van der Waals surface area contributed by atoms with Crippen molar-refractivity contribution in [2.24, 2.45) is 0 Å². The molecule has 0 aliphatic heterocycles. The highest BCUT2D eigenvalue weighted by Crippen LogP contribution is 2.26. The Kier molecular flexibility index (Phi) is 4.50. The molecule has 5 heteroatoms. The van der Waals surface area contributed by atoms with Gasteiger partial charge in [0, 0.05) is 22.3 Å². The number of carbonyl (C=O) groups excluding carboxylic acids is 1. The Morgan fingerprint density at radius 1 is 1.17 bits per heavy atom. The van der Waals surface area contributed by atoms with Gasteiger partial charge >= 0.3 is 0 Å². The van der Waals surface area contributed by atoms with Crippen LogP contribution < -0.4 is 5.32 Å². The van der Waals surface area contributed by atoms with Crippen LogP contribution in [-0.4, -0.2) is 16.0 Å². The second-order valence-corrected chi connectivity index (χ2v) is 6.04. The molecule has 0 saturated heterocycles. The summed E-state index contributed by atoms with van der Waals surface area (Å²) in [5, 5.41) is 15.8. The van der Waals surface area contributed by atoms with Crippen molar-refractivity contribution in [1.82, 2.24) is 4.98 Å². The fourth-order valence-electron chi connectivity index (χ4n) is 2.21. The first kappa shape index (κ1) is 15.4. The summed E-state index contributed by atoms with van der Waals surface area (Å²) in [7, 11) is 0. The summed E-state index contributed by atoms with van der Waals surface area (Å²) in [6, 6.07) is 16.3. The first-order valence-corrected chi connectivity index (χ1v) is 8.08. The molecule has 0 fully saturated rings. The van der Waals surface area contributed by atoms with Gasteiger partial charge in [0.15, 0.2) is 6.10 Å². The summed E-state index contributed by atoms with van der Waals surface area (Å²) in [5.41, 5.74) is 3.11. The highest BCUT2D eigenvalue weighted by atomic mass is 32.1. The van der Waals surface area contributed by atoms with Crippen molar-refractivity contribution < 1.29 is 9.90 Å². The number of anilines is 1. The third-order valence-corrected chi connectivity index (χ3v) is 4.37. The topological polar surface area (TPSA) is 62.2 Å². The summed E-state index contributed by atoms with van der Waals surface area (Å²) in [6.45, 7) is 1.95. The van der Waals surface area contributed by atoms with E-state index in [0.717, 1.165) is 16.3 Å². The standard InChI is InChI=1S/C18H16N2O2S/c1-12-11-23-18(19-12)14-8-5-9-15(10-14)20-17(22)16(21)13-6-3-2-4-7-13/h2-11,16,21H,1H3,(H,20,22). The second kappa shape index (κ2) is 6.73. The second-order valence-electron chi connectivity index (χ2n) is 5.18. The number of aliphatic hydroxyl groups excluding tert-OH is 1. The fraction of sp³-hybridized carbons (Fsp3) is 0.111. The maximum absolute atomic E-state index is 12.2. The first-order valence-electron chi connectivity index (χ1n) is 7.20. The van der Waals surface area contributed by atoms with E-state index in [-0.39, 0.29) is 0 Å². The zero-order valence-electron chi connectivity index (χ0n) is 12.6. The quantitative estimate of drug-likeness (QED) is 0.767. The lowest BCUT2D eigenvalue weighted by Crippen LogP contribution is -2.20. The highest BCUT2D eigenvalue weighted by molar-refractivity contribution is 7.13. The van der Waals surface area contributed by atoms with Gasteiger partial charge in [-0.15, -0.1) is 11.3 Å². The molecule has 1 aromatic heterocycles. The zero-order valence-corrected chi connectivity index (χ0v) is 13.4. The number of nitrogens with zero attached hydrogens (tertiary/aromatic N) is 1. The van der Waals surface area contributed by atoms with Gasteiger partial charge in [0.25, 0.3) is 5.91 Å². The molecule has 0 aliphatic carbocycles. The van der Waals surface area contributed by atoms with Crippen molar-refractivity contribution in [2.45, 2.75) is 13.0 Å². The van der Waals surface area contributed by atoms with E-state index in [2.05, 4.69) is 10.3 Å². The van der Waals surface area contributed by atoms with Crippen LogP contribution >= 0.6 is 11.3 Å². The minimum atomic E-state index is -1.19. The number of carbonyl (C=O) groups is 1. The first-order chi connectivity index (χ1) is 11.1. The van der Waals surface area contributed by atoms with Crippen LogP contribution in [0.5, 0.6) is 0 Å². The molecule has 23 heavy (non-hydrogen) atoms. The molecule has 3 rings (SSSR count). The average molecular weight is 324 g/mol. The van der Waals surface area contributed by atoms with Gasteiger partial charge < -0.3 is 10.4 Å². The van der Waals surface area contributed by atoms with Crippen LogP contribution in [0.25, 0.3) is 10.6 Å². The van der Waals surface area contributed by atoms with Crippen LogP contribution in [0.4, 0.5) is 5.69 Å². The van der Waals surface area contributed by atoms with E-state index in [0.29, 0.717) is 11.3 Å². The van der Waals surface area contributed by atoms with Crippen molar-refractivity contribution in [2.75, 3.05) is 5.32 Å². The largest absolute Gasteiger partial charge is 0.378 e. The van der Waals surface area contributed by atoms with E-state index < -0.39 is 12.0 Å². The number of aryl methyl sites for hydroxylation is 1. The van der Waals surface area contributed by atoms with Crippen LogP contribution in [0, 0.1) is 6.92 Å². The molecule has 2 aromatic carbocycles. The van der Waals surface area contributed by atoms with Gasteiger partial charge in [-0.05, 0) is 24.6 Å². The summed E-state index contributed by atoms with van der Waals surface area (Å²) >= 11 is 1.56. The molecule has 0 bridgehead atoms. The number of aromatic nitrogens is 1. The van der Waals surface area contributed by atoms with E-state index in [9.17, 15) is 9.90 Å². The van der Waals surface area contributed by atoms with Crippen molar-refractivity contribution in [3.63, 3.8) is 0 Å². The van der Waals surface area contributed by atoms with E-state index in [4.69, 9.17) is 0 Å². The van der Waals surface area contributed by atoms with E-state index >= 15 is 0 Å². The van der Waals surface area contributed by atoms with Crippen LogP contribution in [0.1, 0.15) is 17.4 Å². The average Bonchev–Trinajstić information content (AvgIpc) is 3.02. The zero-order chi connectivity index (χ0) is 16.2. The van der Waals surface area contributed by atoms with Gasteiger partial charge in [0.05, 0.1) is 0 Å². The normalized spacial score (nSPS) is 11.9. The van der Waals surface area contributed by atoms with Crippen molar-refractivity contribution in [3.8, 4) is 10.6 Å². The van der Waals surface area contributed by atoms with Crippen LogP contribution in [0.2, 0.25) is 0 Å². The Hall–Kier alpha value is -2.50. The van der Waals surface area contributed by atoms with Gasteiger partial charge in [-0.25, -0.2) is 4.98 Å². The van der Waals surface area contributed by atoms with Crippen molar-refractivity contribution in [3.05, 3.63) is 71.2 Å². The van der Waals surface area contributed by atoms with Gasteiger partial charge in [0.1, 0.15) is 5.01 Å². The van der Waals surface area contributed by atoms with Gasteiger partial charge in [-0.2, -0.15) is 0 Å². The van der Waals surface area contributed by atoms with Crippen LogP contribution in [-0.2, 0) is 4.79 Å². The Bertz CT molecular complexity index is 815. The smallest absolute Gasteiger partial charge is 0.257 e. The number of aliphatic hydroxyl groups is 1. The molecule has 0 radical (unpaired) electrons. The molecule has 4 nitrogen and oxygen atoms in total. The SMILES string of the molecule is Cc1csc(-c2cccc(NC(=O)C(O)c3ccccc3)c2)n1. The Morgan fingerprint density at radius 3 is 2.65 bits per heavy atom. The van der Waals surface area contributed by atoms with Crippen LogP contribution in [0.3, 0.4) is 0 Å². The molecular weight excluding hydrogens is 308 g/mol. The molecule has 116 valence electrons. The molecule has 0 saturated carbocycles. The summed E-state index contributed by atoms with van der Waals surface area (Å²) in [5.74, 6) is -0.455. The third kappa shape index (κ3) is 3.64. The number of hydrogen-bond acceptors (Lipinski definition) is 4. The molecular formula is C18H16N2O2S. The summed E-state index contributed by atoms with van der Waals surface area (Å²) < 4.78 is 0. The number of hydrogen-bond donors (Lipinski definition) is 2. The minimum Gasteiger partial charge on any atom is -0.378 e. The Labute approximate surface area is 138 Å². The monoisotopic (exact) mass is 324 g/mol. The lowest BCUT2D eigenvalue weighted by atomic mass is 10.1. The molecule has 1 heterocycles. The lowest BCUT2D eigenvalue weighted by Gasteiger charge is -2.12. The van der Waals surface area contributed by atoms with Crippen LogP contribution in [0.15, 0.2) is 60.0 Å². The molecule has 1 unspecified atom stereocenters. The maximum Gasteiger partial charge on any atom is 0.257 e. The van der Waals surface area contributed by atoms with Crippen molar-refractivity contribution >= 4 is 22.9 Å². The predicted octanol–water partition coefficient (Wildman–Crippen LogP) is 3.79. The molecule has 1 amide bonds. The highest BCUT2D eigenvalue weighted by Gasteiger charge is 2.17. The van der Waals surface area contributed by atoms with Gasteiger partial charge in [0.2, 0.25) is 0 Å². The van der Waals surface area contributed by atoms with E-state index in [1.807, 2.05) is 36.6 Å². The summed E-state index contributed by atoms with van der Waals surface area (Å²) in [6.07, 6.45) is -1.19. The number of thiazole rings is 1. The van der Waals surface area contributed by atoms with E-state index in [1.165, 1.54) is 0 Å². The third-order valence-electron chi connectivity index (χ3n) is 3.36. The summed E-state index contributed by atoms with van der Waals surface area (Å²) in [4.78, 5) is 16.6. The Balaban J connectivity index is 1.76. The fourth-order valence-corrected chi connectivity index (χ4v) is 3.01.